The Hall–Kier alpha value is -3.14. The molecule has 0 aliphatic heterocycles. The van der Waals surface area contributed by atoms with Crippen molar-refractivity contribution in [2.24, 2.45) is 0 Å². The molecule has 0 heterocycles. The monoisotopic (exact) mass is 347 g/mol. The second kappa shape index (κ2) is 7.83. The summed E-state index contributed by atoms with van der Waals surface area (Å²) in [5.74, 6) is -1.74. The van der Waals surface area contributed by atoms with E-state index in [2.05, 4.69) is 5.32 Å². The quantitative estimate of drug-likeness (QED) is 0.713. The largest absolute Gasteiger partial charge is 0.480 e. The maximum atomic E-state index is 12.5. The van der Waals surface area contributed by atoms with E-state index in [0.29, 0.717) is 0 Å². The third-order valence-electron chi connectivity index (χ3n) is 4.61. The molecule has 2 atom stereocenters. The van der Waals surface area contributed by atoms with Gasteiger partial charge in [0, 0.05) is 6.42 Å². The van der Waals surface area contributed by atoms with Crippen LogP contribution < -0.4 is 5.32 Å². The summed E-state index contributed by atoms with van der Waals surface area (Å²) in [6.07, 6.45) is 0.240. The van der Waals surface area contributed by atoms with Gasteiger partial charge in [-0.3, -0.25) is 4.79 Å². The predicted octanol–water partition coefficient (Wildman–Crippen LogP) is 3.76. The van der Waals surface area contributed by atoms with E-state index in [1.54, 1.807) is 6.92 Å². The first-order chi connectivity index (χ1) is 12.6. The van der Waals surface area contributed by atoms with Crippen molar-refractivity contribution in [1.82, 2.24) is 5.32 Å². The van der Waals surface area contributed by atoms with E-state index in [4.69, 9.17) is 0 Å². The van der Waals surface area contributed by atoms with Crippen molar-refractivity contribution < 1.29 is 14.7 Å². The molecule has 2 unspecified atom stereocenters. The van der Waals surface area contributed by atoms with Crippen molar-refractivity contribution >= 4 is 22.6 Å². The average Bonchev–Trinajstić information content (AvgIpc) is 2.67. The van der Waals surface area contributed by atoms with E-state index < -0.39 is 17.9 Å². The number of fused-ring (bicyclic) bond motifs is 1. The van der Waals surface area contributed by atoms with Crippen LogP contribution in [0.5, 0.6) is 0 Å². The number of hydrogen-bond donors (Lipinski definition) is 2. The predicted molar refractivity (Wildman–Crippen MR) is 102 cm³/mol. The van der Waals surface area contributed by atoms with Crippen LogP contribution in [0.3, 0.4) is 0 Å². The molecule has 0 bridgehead atoms. The average molecular weight is 347 g/mol. The summed E-state index contributed by atoms with van der Waals surface area (Å²) in [7, 11) is 0. The number of carbonyl (C=O) groups excluding carboxylic acids is 1. The Labute approximate surface area is 152 Å². The molecule has 0 spiro atoms. The molecule has 0 aliphatic carbocycles. The van der Waals surface area contributed by atoms with Crippen molar-refractivity contribution in [2.75, 3.05) is 0 Å². The van der Waals surface area contributed by atoms with Crippen LogP contribution in [0.15, 0.2) is 72.8 Å². The third kappa shape index (κ3) is 3.91. The topological polar surface area (TPSA) is 66.4 Å². The number of carboxylic acids is 1. The lowest BCUT2D eigenvalue weighted by molar-refractivity contribution is -0.141. The van der Waals surface area contributed by atoms with Gasteiger partial charge in [0.2, 0.25) is 5.91 Å². The van der Waals surface area contributed by atoms with Gasteiger partial charge in [0.1, 0.15) is 6.04 Å². The van der Waals surface area contributed by atoms with Gasteiger partial charge in [-0.25, -0.2) is 4.79 Å². The summed E-state index contributed by atoms with van der Waals surface area (Å²) >= 11 is 0. The fourth-order valence-electron chi connectivity index (χ4n) is 3.08. The molecule has 4 nitrogen and oxygen atoms in total. The molecule has 1 amide bonds. The summed E-state index contributed by atoms with van der Waals surface area (Å²) in [6.45, 7) is 1.78. The summed E-state index contributed by atoms with van der Waals surface area (Å²) in [4.78, 5) is 24.3. The molecule has 0 saturated heterocycles. The highest BCUT2D eigenvalue weighted by molar-refractivity contribution is 5.89. The minimum atomic E-state index is -1.04. The molecule has 3 aromatic carbocycles. The Balaban J connectivity index is 1.79. The maximum absolute atomic E-state index is 12.5. The molecule has 0 aliphatic rings. The van der Waals surface area contributed by atoms with Crippen LogP contribution in [0.4, 0.5) is 0 Å². The fraction of sp³-hybridized carbons (Fsp3) is 0.182. The Morgan fingerprint density at radius 2 is 1.58 bits per heavy atom. The fourth-order valence-corrected chi connectivity index (χ4v) is 3.08. The molecule has 4 heteroatoms. The summed E-state index contributed by atoms with van der Waals surface area (Å²) in [5, 5.41) is 14.3. The van der Waals surface area contributed by atoms with Crippen molar-refractivity contribution in [2.45, 2.75) is 25.3 Å². The Morgan fingerprint density at radius 3 is 2.31 bits per heavy atom. The van der Waals surface area contributed by atoms with Crippen molar-refractivity contribution in [3.8, 4) is 0 Å². The van der Waals surface area contributed by atoms with Gasteiger partial charge in [-0.2, -0.15) is 0 Å². The van der Waals surface area contributed by atoms with Gasteiger partial charge in [-0.15, -0.1) is 0 Å². The lowest BCUT2D eigenvalue weighted by Gasteiger charge is -2.19. The zero-order valence-corrected chi connectivity index (χ0v) is 14.6. The molecule has 0 radical (unpaired) electrons. The first-order valence-corrected chi connectivity index (χ1v) is 8.61. The van der Waals surface area contributed by atoms with Crippen LogP contribution in [-0.4, -0.2) is 23.0 Å². The van der Waals surface area contributed by atoms with Crippen molar-refractivity contribution in [3.05, 3.63) is 83.9 Å². The van der Waals surface area contributed by atoms with E-state index >= 15 is 0 Å². The van der Waals surface area contributed by atoms with Gasteiger partial charge >= 0.3 is 5.97 Å². The molecule has 0 fully saturated rings. The minimum Gasteiger partial charge on any atom is -0.480 e. The smallest absolute Gasteiger partial charge is 0.326 e. The molecule has 26 heavy (non-hydrogen) atoms. The zero-order valence-electron chi connectivity index (χ0n) is 14.6. The van der Waals surface area contributed by atoms with Crippen molar-refractivity contribution in [1.29, 1.82) is 0 Å². The summed E-state index contributed by atoms with van der Waals surface area (Å²) < 4.78 is 0. The molecule has 3 aromatic rings. The van der Waals surface area contributed by atoms with E-state index in [9.17, 15) is 14.7 Å². The van der Waals surface area contributed by atoms with Crippen LogP contribution in [0.1, 0.15) is 24.0 Å². The van der Waals surface area contributed by atoms with Gasteiger partial charge in [-0.1, -0.05) is 72.8 Å². The molecule has 3 rings (SSSR count). The molecular weight excluding hydrogens is 326 g/mol. The second-order valence-electron chi connectivity index (χ2n) is 6.37. The summed E-state index contributed by atoms with van der Waals surface area (Å²) in [6, 6.07) is 22.0. The van der Waals surface area contributed by atoms with Crippen molar-refractivity contribution in [3.63, 3.8) is 0 Å². The summed E-state index contributed by atoms with van der Waals surface area (Å²) in [5.41, 5.74) is 1.77. The van der Waals surface area contributed by atoms with Gasteiger partial charge in [0.15, 0.2) is 0 Å². The molecule has 0 saturated carbocycles. The number of carboxylic acid groups (broad SMARTS) is 1. The standard InChI is InChI=1S/C22H21NO3/c1-15(16-8-3-2-4-9-16)21(24)23-20(22(25)26)14-18-12-7-11-17-10-5-6-13-19(17)18/h2-13,15,20H,14H2,1H3,(H,23,24)(H,25,26). The zero-order chi connectivity index (χ0) is 18.5. The highest BCUT2D eigenvalue weighted by atomic mass is 16.4. The highest BCUT2D eigenvalue weighted by Gasteiger charge is 2.24. The second-order valence-corrected chi connectivity index (χ2v) is 6.37. The number of amides is 1. The number of carbonyl (C=O) groups is 2. The van der Waals surface area contributed by atoms with Crippen LogP contribution in [0, 0.1) is 0 Å². The van der Waals surface area contributed by atoms with Crippen LogP contribution in [0.2, 0.25) is 0 Å². The Bertz CT molecular complexity index is 916. The van der Waals surface area contributed by atoms with Gasteiger partial charge in [0.05, 0.1) is 5.92 Å². The van der Waals surface area contributed by atoms with Crippen LogP contribution >= 0.6 is 0 Å². The van der Waals surface area contributed by atoms with E-state index in [1.807, 2.05) is 72.8 Å². The maximum Gasteiger partial charge on any atom is 0.326 e. The lowest BCUT2D eigenvalue weighted by atomic mass is 9.97. The molecule has 0 aromatic heterocycles. The Morgan fingerprint density at radius 1 is 0.923 bits per heavy atom. The Kier molecular flexibility index (Phi) is 5.32. The lowest BCUT2D eigenvalue weighted by Crippen LogP contribution is -2.44. The highest BCUT2D eigenvalue weighted by Crippen LogP contribution is 2.20. The first kappa shape index (κ1) is 17.7. The SMILES string of the molecule is CC(C(=O)NC(Cc1cccc2ccccc12)C(=O)O)c1ccccc1. The van der Waals surface area contributed by atoms with Crippen LogP contribution in [-0.2, 0) is 16.0 Å². The first-order valence-electron chi connectivity index (χ1n) is 8.61. The third-order valence-corrected chi connectivity index (χ3v) is 4.61. The van der Waals surface area contributed by atoms with E-state index in [1.165, 1.54) is 0 Å². The number of benzene rings is 3. The number of nitrogens with one attached hydrogen (secondary N) is 1. The number of aliphatic carboxylic acids is 1. The van der Waals surface area contributed by atoms with Gasteiger partial charge in [0.25, 0.3) is 0 Å². The number of hydrogen-bond acceptors (Lipinski definition) is 2. The molecule has 2 N–H and O–H groups in total. The molecule has 132 valence electrons. The van der Waals surface area contributed by atoms with Gasteiger partial charge < -0.3 is 10.4 Å². The normalized spacial score (nSPS) is 13.1. The minimum absolute atomic E-state index is 0.240. The number of rotatable bonds is 6. The molecular formula is C22H21NO3. The van der Waals surface area contributed by atoms with E-state index in [-0.39, 0.29) is 12.3 Å². The van der Waals surface area contributed by atoms with E-state index in [0.717, 1.165) is 21.9 Å². The van der Waals surface area contributed by atoms with Gasteiger partial charge in [-0.05, 0) is 28.8 Å². The van der Waals surface area contributed by atoms with Crippen LogP contribution in [0.25, 0.3) is 10.8 Å².